The molecule has 1 aromatic carbocycles. The maximum absolute atomic E-state index is 12.7. The average Bonchev–Trinajstić information content (AvgIpc) is 3.45. The van der Waals surface area contributed by atoms with Gasteiger partial charge in [-0.15, -0.1) is 0 Å². The molecule has 0 fully saturated rings. The van der Waals surface area contributed by atoms with Crippen molar-refractivity contribution in [2.45, 2.75) is 13.3 Å². The Morgan fingerprint density at radius 1 is 1.30 bits per heavy atom. The number of fused-ring (bicyclic) bond motifs is 2. The van der Waals surface area contributed by atoms with Crippen LogP contribution in [-0.4, -0.2) is 35.4 Å². The molecule has 150 valence electrons. The highest BCUT2D eigenvalue weighted by Crippen LogP contribution is 2.44. The second kappa shape index (κ2) is 7.18. The van der Waals surface area contributed by atoms with Crippen LogP contribution in [0.5, 0.6) is 5.75 Å². The summed E-state index contributed by atoms with van der Waals surface area (Å²) in [6.45, 7) is 2.56. The molecule has 0 unspecified atom stereocenters. The lowest BCUT2D eigenvalue weighted by Gasteiger charge is -2.17. The molecule has 2 aliphatic rings. The molecule has 0 saturated carbocycles. The first-order chi connectivity index (χ1) is 14.7. The van der Waals surface area contributed by atoms with Gasteiger partial charge in [0, 0.05) is 35.8 Å². The van der Waals surface area contributed by atoms with E-state index in [1.165, 1.54) is 0 Å². The number of rotatable bonds is 4. The van der Waals surface area contributed by atoms with Crippen LogP contribution in [0.1, 0.15) is 34.2 Å². The topological polar surface area (TPSA) is 88.2 Å². The summed E-state index contributed by atoms with van der Waals surface area (Å²) in [7, 11) is 0. The van der Waals surface area contributed by atoms with E-state index in [9.17, 15) is 9.90 Å². The van der Waals surface area contributed by atoms with E-state index in [0.29, 0.717) is 12.4 Å². The third kappa shape index (κ3) is 2.86. The number of carbonyl (C=O) groups excluding carboxylic acids is 1. The summed E-state index contributed by atoms with van der Waals surface area (Å²) in [6, 6.07) is 11.6. The fourth-order valence-corrected chi connectivity index (χ4v) is 3.83. The Morgan fingerprint density at radius 3 is 3.03 bits per heavy atom. The van der Waals surface area contributed by atoms with Crippen LogP contribution in [0.25, 0.3) is 11.6 Å². The van der Waals surface area contributed by atoms with Crippen molar-refractivity contribution < 1.29 is 19.1 Å². The fraction of sp³-hybridized carbons (Fsp3) is 0.174. The van der Waals surface area contributed by atoms with Crippen molar-refractivity contribution in [3.8, 4) is 5.75 Å². The van der Waals surface area contributed by atoms with Crippen LogP contribution in [0.4, 0.5) is 17.4 Å². The standard InChI is InChI=1S/C23H19N3O4/c1-2-29-23(28)19-20(27)18(12-15-13-25-21-16(15)7-5-10-24-21)30-22(19)26-11-9-14-6-3-4-8-17(14)26/h3-8,10,12-13,27H,2,9,11H2,1H3. The lowest BCUT2D eigenvalue weighted by molar-refractivity contribution is 0.0524. The van der Waals surface area contributed by atoms with Gasteiger partial charge in [0.25, 0.3) is 0 Å². The molecule has 2 aliphatic heterocycles. The van der Waals surface area contributed by atoms with Crippen molar-refractivity contribution in [2.24, 2.45) is 4.99 Å². The highest BCUT2D eigenvalue weighted by atomic mass is 16.5. The lowest BCUT2D eigenvalue weighted by atomic mass is 10.1. The zero-order valence-electron chi connectivity index (χ0n) is 16.3. The molecule has 1 N–H and O–H groups in total. The van der Waals surface area contributed by atoms with Gasteiger partial charge in [-0.1, -0.05) is 18.2 Å². The number of anilines is 2. The van der Waals surface area contributed by atoms with Crippen LogP contribution in [-0.2, 0) is 11.2 Å². The van der Waals surface area contributed by atoms with E-state index < -0.39 is 5.97 Å². The van der Waals surface area contributed by atoms with Crippen LogP contribution in [0.2, 0.25) is 0 Å². The van der Waals surface area contributed by atoms with E-state index in [4.69, 9.17) is 9.15 Å². The minimum absolute atomic E-state index is 0.0294. The Kier molecular flexibility index (Phi) is 4.35. The molecule has 7 heteroatoms. The molecule has 7 nitrogen and oxygen atoms in total. The molecule has 0 atom stereocenters. The number of hydrogen-bond acceptors (Lipinski definition) is 7. The quantitative estimate of drug-likeness (QED) is 0.647. The fourth-order valence-electron chi connectivity index (χ4n) is 3.83. The van der Waals surface area contributed by atoms with Gasteiger partial charge in [0.15, 0.2) is 22.9 Å². The van der Waals surface area contributed by atoms with E-state index in [0.717, 1.165) is 28.8 Å². The number of aliphatic imine (C=N–C) groups is 1. The molecule has 0 amide bonds. The van der Waals surface area contributed by atoms with Gasteiger partial charge in [-0.25, -0.2) is 14.8 Å². The van der Waals surface area contributed by atoms with Crippen molar-refractivity contribution in [2.75, 3.05) is 18.1 Å². The summed E-state index contributed by atoms with van der Waals surface area (Å²) in [5, 5.41) is 10.9. The molecule has 30 heavy (non-hydrogen) atoms. The number of allylic oxidation sites excluding steroid dienone is 1. The first-order valence-corrected chi connectivity index (χ1v) is 9.77. The largest absolute Gasteiger partial charge is 0.504 e. The van der Waals surface area contributed by atoms with Gasteiger partial charge in [-0.2, -0.15) is 0 Å². The Hall–Kier alpha value is -3.87. The molecule has 0 saturated heterocycles. The van der Waals surface area contributed by atoms with Gasteiger partial charge < -0.3 is 19.2 Å². The number of carbonyl (C=O) groups is 1. The first-order valence-electron chi connectivity index (χ1n) is 9.77. The normalized spacial score (nSPS) is 15.5. The molecule has 0 radical (unpaired) electrons. The number of nitrogens with zero attached hydrogens (tertiary/aromatic N) is 3. The minimum Gasteiger partial charge on any atom is -0.504 e. The number of ether oxygens (including phenoxy) is 1. The summed E-state index contributed by atoms with van der Waals surface area (Å²) in [4.78, 5) is 23.1. The Morgan fingerprint density at radius 2 is 2.17 bits per heavy atom. The van der Waals surface area contributed by atoms with Crippen molar-refractivity contribution in [3.05, 3.63) is 65.0 Å². The second-order valence-corrected chi connectivity index (χ2v) is 6.98. The number of esters is 1. The van der Waals surface area contributed by atoms with Gasteiger partial charge in [-0.05, 0) is 43.2 Å². The van der Waals surface area contributed by atoms with E-state index >= 15 is 0 Å². The van der Waals surface area contributed by atoms with Gasteiger partial charge in [0.1, 0.15) is 0 Å². The number of para-hydroxylation sites is 1. The van der Waals surface area contributed by atoms with Gasteiger partial charge in [0.05, 0.1) is 6.61 Å². The highest BCUT2D eigenvalue weighted by Gasteiger charge is 2.33. The molecule has 3 aromatic rings. The monoisotopic (exact) mass is 401 g/mol. The van der Waals surface area contributed by atoms with Gasteiger partial charge in [-0.3, -0.25) is 0 Å². The maximum atomic E-state index is 12.7. The number of furan rings is 1. The van der Waals surface area contributed by atoms with Crippen molar-refractivity contribution >= 4 is 41.2 Å². The van der Waals surface area contributed by atoms with Crippen LogP contribution in [0.3, 0.4) is 0 Å². The SMILES string of the molecule is CCOC(=O)c1c(N2CCc3ccccc32)oc(C=C2C=Nc3ncccc32)c1O. The number of benzene rings is 1. The van der Waals surface area contributed by atoms with Gasteiger partial charge >= 0.3 is 5.97 Å². The number of pyridine rings is 1. The van der Waals surface area contributed by atoms with Crippen LogP contribution < -0.4 is 4.90 Å². The predicted octanol–water partition coefficient (Wildman–Crippen LogP) is 4.51. The zero-order chi connectivity index (χ0) is 20.7. The number of hydrogen-bond donors (Lipinski definition) is 1. The molecular weight excluding hydrogens is 382 g/mol. The molecule has 4 heterocycles. The summed E-state index contributed by atoms with van der Waals surface area (Å²) in [5.41, 5.74) is 3.71. The zero-order valence-corrected chi connectivity index (χ0v) is 16.3. The Balaban J connectivity index is 1.63. The van der Waals surface area contributed by atoms with Crippen LogP contribution >= 0.6 is 0 Å². The first kappa shape index (κ1) is 18.2. The van der Waals surface area contributed by atoms with Crippen molar-refractivity contribution in [1.82, 2.24) is 4.98 Å². The molecule has 0 bridgehead atoms. The van der Waals surface area contributed by atoms with E-state index in [1.807, 2.05) is 41.3 Å². The third-order valence-electron chi connectivity index (χ3n) is 5.21. The molecule has 0 aliphatic carbocycles. The smallest absolute Gasteiger partial charge is 0.347 e. The summed E-state index contributed by atoms with van der Waals surface area (Å²) >= 11 is 0. The lowest BCUT2D eigenvalue weighted by Crippen LogP contribution is -2.16. The predicted molar refractivity (Wildman–Crippen MR) is 114 cm³/mol. The summed E-state index contributed by atoms with van der Waals surface area (Å²) in [5.74, 6) is 0.199. The third-order valence-corrected chi connectivity index (χ3v) is 5.21. The van der Waals surface area contributed by atoms with Crippen molar-refractivity contribution in [1.29, 1.82) is 0 Å². The summed E-state index contributed by atoms with van der Waals surface area (Å²) in [6.07, 6.45) is 5.82. The minimum atomic E-state index is -0.620. The van der Waals surface area contributed by atoms with Gasteiger partial charge in [0.2, 0.25) is 5.88 Å². The van der Waals surface area contributed by atoms with E-state index in [2.05, 4.69) is 9.98 Å². The molecular formula is C23H19N3O4. The maximum Gasteiger partial charge on any atom is 0.347 e. The Bertz CT molecular complexity index is 1210. The Labute approximate surface area is 173 Å². The van der Waals surface area contributed by atoms with Crippen LogP contribution in [0, 0.1) is 0 Å². The second-order valence-electron chi connectivity index (χ2n) is 6.98. The van der Waals surface area contributed by atoms with Crippen LogP contribution in [0.15, 0.2) is 52.0 Å². The highest BCUT2D eigenvalue weighted by molar-refractivity contribution is 6.21. The average molecular weight is 401 g/mol. The van der Waals surface area contributed by atoms with E-state index in [1.54, 1.807) is 25.4 Å². The molecule has 0 spiro atoms. The summed E-state index contributed by atoms with van der Waals surface area (Å²) < 4.78 is 11.2. The number of aromatic nitrogens is 1. The molecule has 5 rings (SSSR count). The van der Waals surface area contributed by atoms with Crippen molar-refractivity contribution in [3.63, 3.8) is 0 Å². The molecule has 2 aromatic heterocycles. The number of aromatic hydroxyl groups is 1. The van der Waals surface area contributed by atoms with E-state index in [-0.39, 0.29) is 29.6 Å².